The average molecular weight is 429 g/mol. The molecule has 0 radical (unpaired) electrons. The normalized spacial score (nSPS) is 24.6. The van der Waals surface area contributed by atoms with Gasteiger partial charge in [0.1, 0.15) is 0 Å². The van der Waals surface area contributed by atoms with Crippen LogP contribution >= 0.6 is 0 Å². The lowest BCUT2D eigenvalue weighted by molar-refractivity contribution is 0.0195. The number of aliphatic imine (C=N–C) groups is 1. The van der Waals surface area contributed by atoms with Crippen molar-refractivity contribution in [3.8, 4) is 0 Å². The van der Waals surface area contributed by atoms with E-state index in [4.69, 9.17) is 4.74 Å². The highest BCUT2D eigenvalue weighted by Crippen LogP contribution is 2.18. The zero-order valence-electron chi connectivity index (χ0n) is 19.4. The lowest BCUT2D eigenvalue weighted by atomic mass is 10.1. The number of likely N-dealkylation sites (N-methyl/N-ethyl adjacent to an activating group) is 1. The molecule has 7 nitrogen and oxygen atoms in total. The third-order valence-corrected chi connectivity index (χ3v) is 7.10. The van der Waals surface area contributed by atoms with Crippen molar-refractivity contribution in [2.24, 2.45) is 4.99 Å². The number of rotatable bonds is 6. The SMILES string of the molecule is CCN1CCN(Cc2ccccc2CNC(=NC)N2CCC(N3CCOCC3)C2)CC1. The average Bonchev–Trinajstić information content (AvgIpc) is 3.32. The third-order valence-electron chi connectivity index (χ3n) is 7.10. The summed E-state index contributed by atoms with van der Waals surface area (Å²) >= 11 is 0. The molecule has 0 spiro atoms. The van der Waals surface area contributed by atoms with Gasteiger partial charge in [-0.15, -0.1) is 0 Å². The molecule has 3 aliphatic heterocycles. The van der Waals surface area contributed by atoms with Gasteiger partial charge in [0.2, 0.25) is 0 Å². The van der Waals surface area contributed by atoms with Crippen molar-refractivity contribution in [1.29, 1.82) is 0 Å². The van der Waals surface area contributed by atoms with Crippen LogP contribution in [0.15, 0.2) is 29.3 Å². The molecule has 172 valence electrons. The van der Waals surface area contributed by atoms with Gasteiger partial charge >= 0.3 is 0 Å². The first-order valence-corrected chi connectivity index (χ1v) is 12.1. The summed E-state index contributed by atoms with van der Waals surface area (Å²) in [6.07, 6.45) is 1.21. The monoisotopic (exact) mass is 428 g/mol. The largest absolute Gasteiger partial charge is 0.379 e. The van der Waals surface area contributed by atoms with Crippen LogP contribution in [-0.4, -0.2) is 111 Å². The van der Waals surface area contributed by atoms with Gasteiger partial charge in [0.05, 0.1) is 13.2 Å². The zero-order valence-corrected chi connectivity index (χ0v) is 19.4. The molecule has 1 aromatic carbocycles. The second-order valence-electron chi connectivity index (χ2n) is 8.92. The third kappa shape index (κ3) is 5.98. The smallest absolute Gasteiger partial charge is 0.193 e. The van der Waals surface area contributed by atoms with Crippen molar-refractivity contribution in [3.63, 3.8) is 0 Å². The van der Waals surface area contributed by atoms with Gasteiger partial charge in [-0.05, 0) is 24.1 Å². The quantitative estimate of drug-likeness (QED) is 0.545. The van der Waals surface area contributed by atoms with E-state index >= 15 is 0 Å². The van der Waals surface area contributed by atoms with Crippen molar-refractivity contribution < 1.29 is 4.74 Å². The predicted octanol–water partition coefficient (Wildman–Crippen LogP) is 1.31. The fourth-order valence-corrected chi connectivity index (χ4v) is 5.07. The Balaban J connectivity index is 1.30. The van der Waals surface area contributed by atoms with Crippen LogP contribution in [-0.2, 0) is 17.8 Å². The number of benzene rings is 1. The molecule has 3 aliphatic rings. The fourth-order valence-electron chi connectivity index (χ4n) is 5.07. The highest BCUT2D eigenvalue weighted by Gasteiger charge is 2.30. The summed E-state index contributed by atoms with van der Waals surface area (Å²) in [5.74, 6) is 1.03. The van der Waals surface area contributed by atoms with E-state index < -0.39 is 0 Å². The Morgan fingerprint density at radius 3 is 2.42 bits per heavy atom. The molecule has 1 aromatic rings. The Morgan fingerprint density at radius 2 is 1.71 bits per heavy atom. The minimum absolute atomic E-state index is 0.622. The van der Waals surface area contributed by atoms with Gasteiger partial charge in [-0.1, -0.05) is 31.2 Å². The van der Waals surface area contributed by atoms with Gasteiger partial charge in [-0.2, -0.15) is 0 Å². The number of nitrogens with one attached hydrogen (secondary N) is 1. The molecular formula is C24H40N6O. The highest BCUT2D eigenvalue weighted by molar-refractivity contribution is 5.80. The molecule has 0 saturated carbocycles. The van der Waals surface area contributed by atoms with Gasteiger partial charge in [0, 0.05) is 78.5 Å². The number of guanidine groups is 1. The van der Waals surface area contributed by atoms with Gasteiger partial charge in [-0.3, -0.25) is 14.8 Å². The number of hydrogen-bond donors (Lipinski definition) is 1. The molecule has 3 heterocycles. The Kier molecular flexibility index (Phi) is 8.19. The fraction of sp³-hybridized carbons (Fsp3) is 0.708. The molecule has 1 unspecified atom stereocenters. The van der Waals surface area contributed by atoms with Crippen molar-refractivity contribution in [2.75, 3.05) is 79.2 Å². The Labute approximate surface area is 188 Å². The molecule has 7 heteroatoms. The van der Waals surface area contributed by atoms with Crippen LogP contribution in [0.1, 0.15) is 24.5 Å². The van der Waals surface area contributed by atoms with Crippen molar-refractivity contribution in [2.45, 2.75) is 32.5 Å². The van der Waals surface area contributed by atoms with Crippen LogP contribution in [0.3, 0.4) is 0 Å². The number of piperazine rings is 1. The predicted molar refractivity (Wildman–Crippen MR) is 126 cm³/mol. The van der Waals surface area contributed by atoms with E-state index in [-0.39, 0.29) is 0 Å². The van der Waals surface area contributed by atoms with Crippen molar-refractivity contribution in [3.05, 3.63) is 35.4 Å². The Bertz CT molecular complexity index is 712. The maximum absolute atomic E-state index is 5.52. The molecule has 1 N–H and O–H groups in total. The topological polar surface area (TPSA) is 46.6 Å². The van der Waals surface area contributed by atoms with E-state index in [9.17, 15) is 0 Å². The maximum atomic E-state index is 5.52. The molecule has 4 rings (SSSR count). The second kappa shape index (κ2) is 11.3. The lowest BCUT2D eigenvalue weighted by Gasteiger charge is -2.34. The summed E-state index contributed by atoms with van der Waals surface area (Å²) in [4.78, 5) is 14.7. The van der Waals surface area contributed by atoms with E-state index in [1.165, 1.54) is 30.6 Å². The summed E-state index contributed by atoms with van der Waals surface area (Å²) in [5.41, 5.74) is 2.81. The molecule has 31 heavy (non-hydrogen) atoms. The minimum Gasteiger partial charge on any atom is -0.379 e. The lowest BCUT2D eigenvalue weighted by Crippen LogP contribution is -2.46. The zero-order chi connectivity index (χ0) is 21.5. The maximum Gasteiger partial charge on any atom is 0.193 e. The molecule has 1 atom stereocenters. The second-order valence-corrected chi connectivity index (χ2v) is 8.92. The number of ether oxygens (including phenoxy) is 1. The molecule has 0 aliphatic carbocycles. The summed E-state index contributed by atoms with van der Waals surface area (Å²) < 4.78 is 5.52. The first kappa shape index (κ1) is 22.5. The van der Waals surface area contributed by atoms with Gasteiger partial charge in [-0.25, -0.2) is 0 Å². The van der Waals surface area contributed by atoms with E-state index in [0.29, 0.717) is 6.04 Å². The number of nitrogens with zero attached hydrogens (tertiary/aromatic N) is 5. The van der Waals surface area contributed by atoms with Gasteiger partial charge in [0.25, 0.3) is 0 Å². The first-order chi connectivity index (χ1) is 15.3. The number of morpholine rings is 1. The number of hydrogen-bond acceptors (Lipinski definition) is 5. The van der Waals surface area contributed by atoms with Crippen LogP contribution in [0, 0.1) is 0 Å². The van der Waals surface area contributed by atoms with E-state index in [1.807, 2.05) is 7.05 Å². The summed E-state index contributed by atoms with van der Waals surface area (Å²) in [7, 11) is 1.91. The van der Waals surface area contributed by atoms with E-state index in [0.717, 1.165) is 78.1 Å². The van der Waals surface area contributed by atoms with Gasteiger partial charge < -0.3 is 19.9 Å². The summed E-state index contributed by atoms with van der Waals surface area (Å²) in [5, 5.41) is 3.65. The molecule has 0 amide bonds. The van der Waals surface area contributed by atoms with Crippen molar-refractivity contribution >= 4 is 5.96 Å². The van der Waals surface area contributed by atoms with Crippen LogP contribution in [0.5, 0.6) is 0 Å². The van der Waals surface area contributed by atoms with Crippen LogP contribution in [0.2, 0.25) is 0 Å². The summed E-state index contributed by atoms with van der Waals surface area (Å²) in [6, 6.07) is 9.50. The summed E-state index contributed by atoms with van der Waals surface area (Å²) in [6.45, 7) is 16.0. The van der Waals surface area contributed by atoms with E-state index in [1.54, 1.807) is 0 Å². The molecular weight excluding hydrogens is 388 g/mol. The molecule has 3 fully saturated rings. The highest BCUT2D eigenvalue weighted by atomic mass is 16.5. The van der Waals surface area contributed by atoms with E-state index in [2.05, 4.69) is 61.1 Å². The molecule has 0 bridgehead atoms. The standard InChI is InChI=1S/C24H40N6O/c1-3-27-10-12-28(13-11-27)19-22-7-5-4-6-21(22)18-26-24(25-2)30-9-8-23(20-30)29-14-16-31-17-15-29/h4-7,23H,3,8-20H2,1-2H3,(H,25,26). The molecule has 0 aromatic heterocycles. The molecule has 3 saturated heterocycles. The van der Waals surface area contributed by atoms with Crippen molar-refractivity contribution in [1.82, 2.24) is 24.9 Å². The van der Waals surface area contributed by atoms with Crippen LogP contribution in [0.4, 0.5) is 0 Å². The Morgan fingerprint density at radius 1 is 1.00 bits per heavy atom. The first-order valence-electron chi connectivity index (χ1n) is 12.1. The van der Waals surface area contributed by atoms with Gasteiger partial charge in [0.15, 0.2) is 5.96 Å². The van der Waals surface area contributed by atoms with Crippen LogP contribution < -0.4 is 5.32 Å². The minimum atomic E-state index is 0.622. The number of likely N-dealkylation sites (tertiary alicyclic amines) is 1. The Hall–Kier alpha value is -1.67. The van der Waals surface area contributed by atoms with Crippen LogP contribution in [0.25, 0.3) is 0 Å².